The van der Waals surface area contributed by atoms with Gasteiger partial charge in [0.25, 0.3) is 0 Å². The highest BCUT2D eigenvalue weighted by Crippen LogP contribution is 2.12. The monoisotopic (exact) mass is 211 g/mol. The maximum Gasteiger partial charge on any atom is 0.0587 e. The van der Waals surface area contributed by atoms with E-state index in [4.69, 9.17) is 4.74 Å². The van der Waals surface area contributed by atoms with Crippen molar-refractivity contribution in [2.75, 3.05) is 20.3 Å². The maximum atomic E-state index is 4.97. The summed E-state index contributed by atoms with van der Waals surface area (Å²) >= 11 is 0. The Morgan fingerprint density at radius 2 is 2.27 bits per heavy atom. The molecule has 1 N–H and O–H groups in total. The standard InChI is InChI=1S/C11H21N3O/c1-9(2)14-10(3)11(8-13-14)7-12-5-6-15-4/h8-9,12H,5-7H2,1-4H3. The van der Waals surface area contributed by atoms with Gasteiger partial charge in [-0.1, -0.05) is 0 Å². The van der Waals surface area contributed by atoms with E-state index >= 15 is 0 Å². The van der Waals surface area contributed by atoms with E-state index in [-0.39, 0.29) is 0 Å². The molecule has 1 aromatic heterocycles. The Labute approximate surface area is 91.6 Å². The Kier molecular flexibility index (Phi) is 4.78. The van der Waals surface area contributed by atoms with Gasteiger partial charge in [-0.15, -0.1) is 0 Å². The molecule has 0 aromatic carbocycles. The Balaban J connectivity index is 2.48. The van der Waals surface area contributed by atoms with Crippen molar-refractivity contribution in [2.45, 2.75) is 33.4 Å². The highest BCUT2D eigenvalue weighted by molar-refractivity contribution is 5.16. The first kappa shape index (κ1) is 12.2. The van der Waals surface area contributed by atoms with Gasteiger partial charge in [0.2, 0.25) is 0 Å². The average molecular weight is 211 g/mol. The van der Waals surface area contributed by atoms with Crippen molar-refractivity contribution in [3.8, 4) is 0 Å². The van der Waals surface area contributed by atoms with E-state index in [0.29, 0.717) is 6.04 Å². The van der Waals surface area contributed by atoms with Crippen LogP contribution in [-0.4, -0.2) is 30.0 Å². The van der Waals surface area contributed by atoms with Gasteiger partial charge in [-0.25, -0.2) is 0 Å². The molecule has 4 nitrogen and oxygen atoms in total. The van der Waals surface area contributed by atoms with Crippen molar-refractivity contribution in [2.24, 2.45) is 0 Å². The molecule has 0 radical (unpaired) electrons. The third kappa shape index (κ3) is 3.32. The van der Waals surface area contributed by atoms with Crippen molar-refractivity contribution in [1.82, 2.24) is 15.1 Å². The summed E-state index contributed by atoms with van der Waals surface area (Å²) in [7, 11) is 1.71. The quantitative estimate of drug-likeness (QED) is 0.725. The number of nitrogens with one attached hydrogen (secondary N) is 1. The van der Waals surface area contributed by atoms with Gasteiger partial charge in [0.05, 0.1) is 12.8 Å². The van der Waals surface area contributed by atoms with Gasteiger partial charge >= 0.3 is 0 Å². The van der Waals surface area contributed by atoms with Crippen molar-refractivity contribution in [3.05, 3.63) is 17.5 Å². The van der Waals surface area contributed by atoms with Crippen molar-refractivity contribution >= 4 is 0 Å². The second-order valence-electron chi connectivity index (χ2n) is 3.96. The lowest BCUT2D eigenvalue weighted by atomic mass is 10.2. The number of hydrogen-bond acceptors (Lipinski definition) is 3. The maximum absolute atomic E-state index is 4.97. The summed E-state index contributed by atoms with van der Waals surface area (Å²) in [6, 6.07) is 0.428. The van der Waals surface area contributed by atoms with Gasteiger partial charge in [-0.3, -0.25) is 4.68 Å². The van der Waals surface area contributed by atoms with Crippen LogP contribution in [0.2, 0.25) is 0 Å². The molecule has 0 atom stereocenters. The highest BCUT2D eigenvalue weighted by atomic mass is 16.5. The van der Waals surface area contributed by atoms with E-state index in [9.17, 15) is 0 Å². The average Bonchev–Trinajstić information content (AvgIpc) is 2.55. The minimum atomic E-state index is 0.428. The molecule has 0 aliphatic carbocycles. The van der Waals surface area contributed by atoms with Gasteiger partial charge in [0, 0.05) is 37.5 Å². The van der Waals surface area contributed by atoms with E-state index in [2.05, 4.69) is 31.2 Å². The van der Waals surface area contributed by atoms with Crippen LogP contribution in [0.25, 0.3) is 0 Å². The predicted octanol–water partition coefficient (Wildman–Crippen LogP) is 1.51. The molecule has 15 heavy (non-hydrogen) atoms. The van der Waals surface area contributed by atoms with Crippen LogP contribution in [0.1, 0.15) is 31.1 Å². The zero-order valence-electron chi connectivity index (χ0n) is 10.1. The minimum Gasteiger partial charge on any atom is -0.383 e. The number of aromatic nitrogens is 2. The summed E-state index contributed by atoms with van der Waals surface area (Å²) in [5.41, 5.74) is 2.51. The van der Waals surface area contributed by atoms with E-state index in [1.54, 1.807) is 7.11 Å². The first-order chi connectivity index (χ1) is 7.16. The van der Waals surface area contributed by atoms with Gasteiger partial charge < -0.3 is 10.1 Å². The summed E-state index contributed by atoms with van der Waals surface area (Å²) in [4.78, 5) is 0. The smallest absolute Gasteiger partial charge is 0.0587 e. The molecular weight excluding hydrogens is 190 g/mol. The Morgan fingerprint density at radius 3 is 2.80 bits per heavy atom. The number of ether oxygens (including phenoxy) is 1. The molecule has 1 heterocycles. The third-order valence-electron chi connectivity index (χ3n) is 2.43. The molecule has 0 fully saturated rings. The summed E-state index contributed by atoms with van der Waals surface area (Å²) in [5.74, 6) is 0. The zero-order valence-corrected chi connectivity index (χ0v) is 10.1. The fourth-order valence-electron chi connectivity index (χ4n) is 1.55. The lowest BCUT2D eigenvalue weighted by Gasteiger charge is -2.09. The molecule has 1 rings (SSSR count). The second kappa shape index (κ2) is 5.88. The number of methoxy groups -OCH3 is 1. The van der Waals surface area contributed by atoms with Crippen LogP contribution in [0.5, 0.6) is 0 Å². The Morgan fingerprint density at radius 1 is 1.53 bits per heavy atom. The van der Waals surface area contributed by atoms with Crippen molar-refractivity contribution in [1.29, 1.82) is 0 Å². The van der Waals surface area contributed by atoms with Crippen LogP contribution < -0.4 is 5.32 Å². The highest BCUT2D eigenvalue weighted by Gasteiger charge is 2.07. The number of rotatable bonds is 6. The molecule has 0 bridgehead atoms. The molecule has 86 valence electrons. The normalized spacial score (nSPS) is 11.3. The molecule has 4 heteroatoms. The van der Waals surface area contributed by atoms with Crippen LogP contribution >= 0.6 is 0 Å². The van der Waals surface area contributed by atoms with E-state index in [0.717, 1.165) is 19.7 Å². The second-order valence-corrected chi connectivity index (χ2v) is 3.96. The van der Waals surface area contributed by atoms with Gasteiger partial charge in [-0.2, -0.15) is 5.10 Å². The summed E-state index contributed by atoms with van der Waals surface area (Å²) in [6.45, 7) is 8.88. The molecule has 0 saturated heterocycles. The third-order valence-corrected chi connectivity index (χ3v) is 2.43. The summed E-state index contributed by atoms with van der Waals surface area (Å²) < 4.78 is 7.02. The largest absolute Gasteiger partial charge is 0.383 e. The van der Waals surface area contributed by atoms with Crippen molar-refractivity contribution in [3.63, 3.8) is 0 Å². The fourth-order valence-corrected chi connectivity index (χ4v) is 1.55. The lowest BCUT2D eigenvalue weighted by Crippen LogP contribution is -2.19. The van der Waals surface area contributed by atoms with Crippen LogP contribution in [-0.2, 0) is 11.3 Å². The summed E-state index contributed by atoms with van der Waals surface area (Å²) in [5, 5.41) is 7.68. The fraction of sp³-hybridized carbons (Fsp3) is 0.727. The first-order valence-electron chi connectivity index (χ1n) is 5.39. The number of nitrogens with zero attached hydrogens (tertiary/aromatic N) is 2. The minimum absolute atomic E-state index is 0.428. The number of hydrogen-bond donors (Lipinski definition) is 1. The predicted molar refractivity (Wildman–Crippen MR) is 60.9 cm³/mol. The molecule has 0 aliphatic heterocycles. The van der Waals surface area contributed by atoms with Crippen LogP contribution in [0.4, 0.5) is 0 Å². The van der Waals surface area contributed by atoms with Gasteiger partial charge in [0.1, 0.15) is 0 Å². The summed E-state index contributed by atoms with van der Waals surface area (Å²) in [6.07, 6.45) is 1.94. The van der Waals surface area contributed by atoms with Crippen LogP contribution in [0, 0.1) is 6.92 Å². The van der Waals surface area contributed by atoms with Crippen LogP contribution in [0.3, 0.4) is 0 Å². The zero-order chi connectivity index (χ0) is 11.3. The molecule has 0 unspecified atom stereocenters. The molecule has 0 saturated carbocycles. The lowest BCUT2D eigenvalue weighted by molar-refractivity contribution is 0.199. The van der Waals surface area contributed by atoms with E-state index in [1.165, 1.54) is 11.3 Å². The molecular formula is C11H21N3O. The molecule has 0 aliphatic rings. The van der Waals surface area contributed by atoms with E-state index in [1.807, 2.05) is 10.9 Å². The molecule has 1 aromatic rings. The molecule has 0 spiro atoms. The van der Waals surface area contributed by atoms with Gasteiger partial charge in [-0.05, 0) is 20.8 Å². The Hall–Kier alpha value is -0.870. The topological polar surface area (TPSA) is 39.1 Å². The van der Waals surface area contributed by atoms with E-state index < -0.39 is 0 Å². The Bertz CT molecular complexity index is 294. The first-order valence-corrected chi connectivity index (χ1v) is 5.39. The SMILES string of the molecule is COCCNCc1cnn(C(C)C)c1C. The van der Waals surface area contributed by atoms with Gasteiger partial charge in [0.15, 0.2) is 0 Å². The van der Waals surface area contributed by atoms with Crippen LogP contribution in [0.15, 0.2) is 6.20 Å². The molecule has 0 amide bonds. The van der Waals surface area contributed by atoms with Crippen molar-refractivity contribution < 1.29 is 4.74 Å².